The van der Waals surface area contributed by atoms with Crippen LogP contribution in [-0.2, 0) is 4.79 Å². The normalized spacial score (nSPS) is 16.8. The number of nitrogens with one attached hydrogen (secondary N) is 1. The molecule has 1 N–H and O–H groups in total. The monoisotopic (exact) mass is 354 g/mol. The van der Waals surface area contributed by atoms with Crippen molar-refractivity contribution in [3.05, 3.63) is 47.9 Å². The van der Waals surface area contributed by atoms with Crippen LogP contribution >= 0.6 is 0 Å². The van der Waals surface area contributed by atoms with Crippen molar-refractivity contribution in [2.75, 3.05) is 25.5 Å². The Morgan fingerprint density at radius 3 is 2.85 bits per heavy atom. The van der Waals surface area contributed by atoms with Crippen LogP contribution < -0.4 is 10.1 Å². The number of likely N-dealkylation sites (tertiary alicyclic amines) is 1. The lowest BCUT2D eigenvalue weighted by molar-refractivity contribution is -0.121. The molecule has 2 aromatic heterocycles. The highest BCUT2D eigenvalue weighted by molar-refractivity contribution is 5.95. The first-order chi connectivity index (χ1) is 12.6. The minimum Gasteiger partial charge on any atom is -0.497 e. The molecule has 0 unspecified atom stereocenters. The molecular formula is C19H22N4O3. The van der Waals surface area contributed by atoms with Crippen LogP contribution in [0.2, 0.25) is 0 Å². The summed E-state index contributed by atoms with van der Waals surface area (Å²) in [5.41, 5.74) is 1.36. The molecule has 1 aliphatic heterocycles. The van der Waals surface area contributed by atoms with Gasteiger partial charge in [-0.25, -0.2) is 4.98 Å². The molecule has 26 heavy (non-hydrogen) atoms. The van der Waals surface area contributed by atoms with Crippen LogP contribution in [0.3, 0.4) is 0 Å². The number of ether oxygens (including phenoxy) is 1. The summed E-state index contributed by atoms with van der Waals surface area (Å²) >= 11 is 0. The zero-order valence-corrected chi connectivity index (χ0v) is 14.9. The summed E-state index contributed by atoms with van der Waals surface area (Å²) in [5.74, 6) is 0.548. The summed E-state index contributed by atoms with van der Waals surface area (Å²) in [6, 6.07) is 6.98. The fourth-order valence-electron chi connectivity index (χ4n) is 2.96. The smallest absolute Gasteiger partial charge is 0.272 e. The van der Waals surface area contributed by atoms with E-state index in [1.54, 1.807) is 42.6 Å². The lowest BCUT2D eigenvalue weighted by atomic mass is 9.97. The van der Waals surface area contributed by atoms with E-state index < -0.39 is 0 Å². The maximum Gasteiger partial charge on any atom is 0.272 e. The third-order valence-corrected chi connectivity index (χ3v) is 4.43. The lowest BCUT2D eigenvalue weighted by Crippen LogP contribution is -2.44. The molecule has 7 nitrogen and oxygen atoms in total. The Bertz CT molecular complexity index is 792. The van der Waals surface area contributed by atoms with Gasteiger partial charge in [-0.05, 0) is 37.5 Å². The minimum absolute atomic E-state index is 0.113. The molecule has 136 valence electrons. The molecule has 1 aliphatic rings. The molecule has 0 spiro atoms. The average Bonchev–Trinajstić information content (AvgIpc) is 2.69. The first-order valence-electron chi connectivity index (χ1n) is 8.59. The number of carbonyl (C=O) groups excluding carboxylic acids is 2. The van der Waals surface area contributed by atoms with Crippen molar-refractivity contribution in [1.82, 2.24) is 14.9 Å². The molecule has 0 aromatic carbocycles. The van der Waals surface area contributed by atoms with Gasteiger partial charge in [-0.1, -0.05) is 6.07 Å². The standard InChI is InChI=1S/C19H22N4O3/c1-13-5-6-17(21-11-13)22-18(24)14-4-3-9-23(12-14)19(25)16-10-15(26-2)7-8-20-16/h5-8,10-11,14H,3-4,9,12H2,1-2H3,(H,21,22,24)/t14-/m0/s1. The van der Waals surface area contributed by atoms with E-state index in [4.69, 9.17) is 4.74 Å². The van der Waals surface area contributed by atoms with E-state index in [1.165, 1.54) is 0 Å². The van der Waals surface area contributed by atoms with Crippen LogP contribution in [0.1, 0.15) is 28.9 Å². The predicted molar refractivity (Wildman–Crippen MR) is 97.0 cm³/mol. The van der Waals surface area contributed by atoms with Crippen LogP contribution in [-0.4, -0.2) is 46.9 Å². The number of amides is 2. The average molecular weight is 354 g/mol. The summed E-state index contributed by atoms with van der Waals surface area (Å²) in [5, 5.41) is 2.83. The minimum atomic E-state index is -0.263. The van der Waals surface area contributed by atoms with Crippen LogP contribution in [0.15, 0.2) is 36.7 Å². The number of methoxy groups -OCH3 is 1. The molecule has 0 aliphatic carbocycles. The molecule has 3 heterocycles. The second-order valence-corrected chi connectivity index (χ2v) is 6.38. The van der Waals surface area contributed by atoms with Crippen molar-refractivity contribution in [3.8, 4) is 5.75 Å². The van der Waals surface area contributed by atoms with Gasteiger partial charge in [0.15, 0.2) is 0 Å². The molecule has 2 amide bonds. The van der Waals surface area contributed by atoms with Gasteiger partial charge in [-0.15, -0.1) is 0 Å². The number of carbonyl (C=O) groups is 2. The number of rotatable bonds is 4. The molecule has 3 rings (SSSR count). The number of hydrogen-bond donors (Lipinski definition) is 1. The maximum atomic E-state index is 12.7. The third-order valence-electron chi connectivity index (χ3n) is 4.43. The lowest BCUT2D eigenvalue weighted by Gasteiger charge is -2.31. The first-order valence-corrected chi connectivity index (χ1v) is 8.59. The molecule has 7 heteroatoms. The summed E-state index contributed by atoms with van der Waals surface area (Å²) in [7, 11) is 1.55. The topological polar surface area (TPSA) is 84.4 Å². The number of hydrogen-bond acceptors (Lipinski definition) is 5. The molecule has 2 aromatic rings. The fourth-order valence-corrected chi connectivity index (χ4v) is 2.96. The summed E-state index contributed by atoms with van der Waals surface area (Å²) in [4.78, 5) is 35.2. The molecule has 0 bridgehead atoms. The predicted octanol–water partition coefficient (Wildman–Crippen LogP) is 2.28. The Kier molecular flexibility index (Phi) is 5.46. The first kappa shape index (κ1) is 17.8. The second-order valence-electron chi connectivity index (χ2n) is 6.38. The Morgan fingerprint density at radius 2 is 2.12 bits per heavy atom. The van der Waals surface area contributed by atoms with Crippen LogP contribution in [0.5, 0.6) is 5.75 Å². The second kappa shape index (κ2) is 7.95. The van der Waals surface area contributed by atoms with Gasteiger partial charge in [-0.3, -0.25) is 14.6 Å². The molecule has 1 atom stereocenters. The number of nitrogens with zero attached hydrogens (tertiary/aromatic N) is 3. The largest absolute Gasteiger partial charge is 0.497 e. The zero-order valence-electron chi connectivity index (χ0n) is 14.9. The molecule has 0 radical (unpaired) electrons. The van der Waals surface area contributed by atoms with E-state index in [0.717, 1.165) is 18.4 Å². The Morgan fingerprint density at radius 1 is 1.27 bits per heavy atom. The van der Waals surface area contributed by atoms with Crippen molar-refractivity contribution in [3.63, 3.8) is 0 Å². The van der Waals surface area contributed by atoms with Crippen LogP contribution in [0.4, 0.5) is 5.82 Å². The molecule has 0 saturated carbocycles. The van der Waals surface area contributed by atoms with E-state index in [-0.39, 0.29) is 17.7 Å². The summed E-state index contributed by atoms with van der Waals surface area (Å²) in [6.07, 6.45) is 4.77. The van der Waals surface area contributed by atoms with Crippen molar-refractivity contribution in [2.24, 2.45) is 5.92 Å². The fraction of sp³-hybridized carbons (Fsp3) is 0.368. The van der Waals surface area contributed by atoms with Gasteiger partial charge in [0.05, 0.1) is 13.0 Å². The van der Waals surface area contributed by atoms with Crippen molar-refractivity contribution >= 4 is 17.6 Å². The number of aryl methyl sites for hydroxylation is 1. The summed E-state index contributed by atoms with van der Waals surface area (Å²) < 4.78 is 5.14. The Balaban J connectivity index is 1.65. The molecule has 1 saturated heterocycles. The Labute approximate surface area is 152 Å². The van der Waals surface area contributed by atoms with Gasteiger partial charge in [0.25, 0.3) is 5.91 Å². The number of piperidine rings is 1. The van der Waals surface area contributed by atoms with Crippen LogP contribution in [0.25, 0.3) is 0 Å². The van der Waals surface area contributed by atoms with Gasteiger partial charge in [0.2, 0.25) is 5.91 Å². The van der Waals surface area contributed by atoms with E-state index in [1.807, 2.05) is 13.0 Å². The van der Waals surface area contributed by atoms with E-state index in [9.17, 15) is 9.59 Å². The summed E-state index contributed by atoms with van der Waals surface area (Å²) in [6.45, 7) is 2.93. The van der Waals surface area contributed by atoms with Crippen molar-refractivity contribution < 1.29 is 14.3 Å². The van der Waals surface area contributed by atoms with Crippen molar-refractivity contribution in [2.45, 2.75) is 19.8 Å². The highest BCUT2D eigenvalue weighted by atomic mass is 16.5. The van der Waals surface area contributed by atoms with E-state index in [0.29, 0.717) is 30.4 Å². The van der Waals surface area contributed by atoms with Gasteiger partial charge in [0, 0.05) is 31.5 Å². The number of aromatic nitrogens is 2. The molecular weight excluding hydrogens is 332 g/mol. The number of anilines is 1. The maximum absolute atomic E-state index is 12.7. The SMILES string of the molecule is COc1ccnc(C(=O)N2CCC[C@H](C(=O)Nc3ccc(C)cn3)C2)c1. The highest BCUT2D eigenvalue weighted by Gasteiger charge is 2.29. The zero-order chi connectivity index (χ0) is 18.5. The van der Waals surface area contributed by atoms with Crippen LogP contribution in [0, 0.1) is 12.8 Å². The van der Waals surface area contributed by atoms with Crippen molar-refractivity contribution in [1.29, 1.82) is 0 Å². The van der Waals surface area contributed by atoms with Gasteiger partial charge in [-0.2, -0.15) is 0 Å². The Hall–Kier alpha value is -2.96. The molecule has 1 fully saturated rings. The number of pyridine rings is 2. The van der Waals surface area contributed by atoms with E-state index >= 15 is 0 Å². The van der Waals surface area contributed by atoms with Gasteiger partial charge >= 0.3 is 0 Å². The van der Waals surface area contributed by atoms with Gasteiger partial charge in [0.1, 0.15) is 17.3 Å². The quantitative estimate of drug-likeness (QED) is 0.911. The van der Waals surface area contributed by atoms with Gasteiger partial charge < -0.3 is 15.0 Å². The van der Waals surface area contributed by atoms with E-state index in [2.05, 4.69) is 15.3 Å². The highest BCUT2D eigenvalue weighted by Crippen LogP contribution is 2.21. The third kappa shape index (κ3) is 4.17.